The molecule has 0 saturated carbocycles. The number of halogens is 1. The van der Waals surface area contributed by atoms with Crippen LogP contribution in [0.1, 0.15) is 41.4 Å². The lowest BCUT2D eigenvalue weighted by Crippen LogP contribution is -3.12. The lowest BCUT2D eigenvalue weighted by molar-refractivity contribution is -0.922. The van der Waals surface area contributed by atoms with E-state index in [1.54, 1.807) is 12.1 Å². The van der Waals surface area contributed by atoms with Gasteiger partial charge in [-0.25, -0.2) is 0 Å². The number of nitrogens with one attached hydrogen (secondary N) is 1. The van der Waals surface area contributed by atoms with Crippen LogP contribution >= 0.6 is 15.9 Å². The molecule has 0 spiro atoms. The molecule has 0 aliphatic carbocycles. The Morgan fingerprint density at radius 3 is 2.97 bits per heavy atom. The third-order valence-electron chi connectivity index (χ3n) is 5.96. The molecule has 5 nitrogen and oxygen atoms in total. The molecule has 1 aromatic heterocycles. The maximum atomic E-state index is 12.9. The summed E-state index contributed by atoms with van der Waals surface area (Å²) in [4.78, 5) is 14.3. The average Bonchev–Trinajstić information content (AvgIpc) is 3.25. The molecule has 1 N–H and O–H groups in total. The monoisotopic (exact) mass is 467 g/mol. The number of furan rings is 1. The fourth-order valence-corrected chi connectivity index (χ4v) is 4.88. The second-order valence-electron chi connectivity index (χ2n) is 8.32. The molecule has 6 heteroatoms. The Balaban J connectivity index is 1.46. The standard InChI is InChI=1S/C24H22BrNO4/c1-14-3-2-8-26(12-14)13-19-20(27)6-5-18-23(28)22(30-24(18)19)11-17-10-15-9-16(25)4-7-21(15)29-17/h4-7,9-11,14,27H,2-3,8,12-13H2,1H3/b22-11-. The first-order valence-corrected chi connectivity index (χ1v) is 11.1. The maximum Gasteiger partial charge on any atom is 0.232 e. The Morgan fingerprint density at radius 1 is 1.27 bits per heavy atom. The molecule has 1 saturated heterocycles. The Hall–Kier alpha value is -2.57. The number of ketones is 1. The van der Waals surface area contributed by atoms with Crippen LogP contribution in [0.5, 0.6) is 11.5 Å². The number of piperidine rings is 1. The summed E-state index contributed by atoms with van der Waals surface area (Å²) >= 11 is 3.45. The molecule has 5 rings (SSSR count). The Bertz CT molecular complexity index is 1180. The van der Waals surface area contributed by atoms with Crippen molar-refractivity contribution in [3.63, 3.8) is 0 Å². The highest BCUT2D eigenvalue weighted by Crippen LogP contribution is 2.38. The first-order chi connectivity index (χ1) is 14.5. The SMILES string of the molecule is CC1CCC[NH+](Cc2c([O-])ccc3c2O/C(=C\c2cc4cc(Br)ccc4o2)C3=O)C1. The van der Waals surface area contributed by atoms with Gasteiger partial charge in [-0.15, -0.1) is 0 Å². The van der Waals surface area contributed by atoms with Crippen molar-refractivity contribution >= 4 is 38.8 Å². The molecule has 30 heavy (non-hydrogen) atoms. The number of allylic oxidation sites excluding steroid dienone is 1. The van der Waals surface area contributed by atoms with E-state index in [1.165, 1.54) is 17.4 Å². The molecule has 3 aromatic rings. The number of rotatable bonds is 3. The van der Waals surface area contributed by atoms with Crippen LogP contribution in [0.3, 0.4) is 0 Å². The summed E-state index contributed by atoms with van der Waals surface area (Å²) in [7, 11) is 0. The van der Waals surface area contributed by atoms with Crippen molar-refractivity contribution < 1.29 is 24.0 Å². The van der Waals surface area contributed by atoms with Crippen LogP contribution in [0, 0.1) is 5.92 Å². The van der Waals surface area contributed by atoms with Crippen molar-refractivity contribution in [2.24, 2.45) is 5.92 Å². The Kier molecular flexibility index (Phi) is 4.91. The number of likely N-dealkylation sites (tertiary alicyclic amines) is 1. The number of Topliss-reactive ketones (excluding diaryl/α,β-unsaturated/α-hetero) is 1. The third-order valence-corrected chi connectivity index (χ3v) is 6.45. The van der Waals surface area contributed by atoms with Gasteiger partial charge in [0.05, 0.1) is 18.7 Å². The molecular weight excluding hydrogens is 446 g/mol. The van der Waals surface area contributed by atoms with E-state index in [0.717, 1.165) is 35.0 Å². The molecule has 3 heterocycles. The predicted octanol–water partition coefficient (Wildman–Crippen LogP) is 3.70. The summed E-state index contributed by atoms with van der Waals surface area (Å²) in [5.74, 6) is 1.52. The number of hydrogen-bond donors (Lipinski definition) is 1. The minimum absolute atomic E-state index is 0.0675. The summed E-state index contributed by atoms with van der Waals surface area (Å²) < 4.78 is 12.7. The highest BCUT2D eigenvalue weighted by atomic mass is 79.9. The summed E-state index contributed by atoms with van der Waals surface area (Å²) in [5, 5.41) is 13.5. The minimum atomic E-state index is -0.213. The zero-order valence-electron chi connectivity index (χ0n) is 16.7. The van der Waals surface area contributed by atoms with E-state index in [0.29, 0.717) is 35.1 Å². The van der Waals surface area contributed by atoms with Crippen LogP contribution in [-0.4, -0.2) is 18.9 Å². The lowest BCUT2D eigenvalue weighted by atomic mass is 9.99. The van der Waals surface area contributed by atoms with Crippen LogP contribution < -0.4 is 14.7 Å². The van der Waals surface area contributed by atoms with Crippen molar-refractivity contribution in [3.05, 3.63) is 63.5 Å². The van der Waals surface area contributed by atoms with E-state index in [1.807, 2.05) is 24.3 Å². The zero-order valence-corrected chi connectivity index (χ0v) is 18.3. The van der Waals surface area contributed by atoms with E-state index in [4.69, 9.17) is 9.15 Å². The predicted molar refractivity (Wildman–Crippen MR) is 116 cm³/mol. The molecule has 2 unspecified atom stereocenters. The number of hydrogen-bond acceptors (Lipinski definition) is 4. The first-order valence-electron chi connectivity index (χ1n) is 10.3. The summed E-state index contributed by atoms with van der Waals surface area (Å²) in [6.45, 7) is 4.91. The van der Waals surface area contributed by atoms with Gasteiger partial charge >= 0.3 is 0 Å². The van der Waals surface area contributed by atoms with Gasteiger partial charge in [-0.3, -0.25) is 4.79 Å². The molecular formula is C24H22BrNO4. The van der Waals surface area contributed by atoms with Crippen LogP contribution in [0.4, 0.5) is 0 Å². The average molecular weight is 468 g/mol. The van der Waals surface area contributed by atoms with E-state index >= 15 is 0 Å². The van der Waals surface area contributed by atoms with Crippen molar-refractivity contribution in [1.29, 1.82) is 0 Å². The van der Waals surface area contributed by atoms with Crippen molar-refractivity contribution in [2.75, 3.05) is 13.1 Å². The van der Waals surface area contributed by atoms with Crippen LogP contribution in [0.25, 0.3) is 17.0 Å². The minimum Gasteiger partial charge on any atom is -0.872 e. The summed E-state index contributed by atoms with van der Waals surface area (Å²) in [6.07, 6.45) is 4.00. The van der Waals surface area contributed by atoms with E-state index in [-0.39, 0.29) is 17.3 Å². The molecule has 2 aliphatic rings. The van der Waals surface area contributed by atoms with Crippen LogP contribution in [-0.2, 0) is 6.54 Å². The Labute approximate surface area is 183 Å². The fraction of sp³-hybridized carbons (Fsp3) is 0.292. The van der Waals surface area contributed by atoms with Crippen LogP contribution in [0.2, 0.25) is 0 Å². The number of carbonyl (C=O) groups excluding carboxylic acids is 1. The number of quaternary nitrogens is 1. The smallest absolute Gasteiger partial charge is 0.232 e. The van der Waals surface area contributed by atoms with Gasteiger partial charge in [-0.2, -0.15) is 0 Å². The van der Waals surface area contributed by atoms with Gasteiger partial charge in [-0.1, -0.05) is 34.7 Å². The molecule has 2 aromatic carbocycles. The van der Waals surface area contributed by atoms with Gasteiger partial charge in [0.25, 0.3) is 0 Å². The molecule has 2 aliphatic heterocycles. The molecule has 0 amide bonds. The molecule has 0 bridgehead atoms. The fourth-order valence-electron chi connectivity index (χ4n) is 4.50. The molecule has 2 atom stereocenters. The number of benzene rings is 2. The maximum absolute atomic E-state index is 12.9. The van der Waals surface area contributed by atoms with Crippen molar-refractivity contribution in [3.8, 4) is 11.5 Å². The van der Waals surface area contributed by atoms with Crippen molar-refractivity contribution in [2.45, 2.75) is 26.3 Å². The first kappa shape index (κ1) is 19.4. The lowest BCUT2D eigenvalue weighted by Gasteiger charge is -2.29. The van der Waals surface area contributed by atoms with Gasteiger partial charge in [0.2, 0.25) is 5.78 Å². The highest BCUT2D eigenvalue weighted by Gasteiger charge is 2.32. The van der Waals surface area contributed by atoms with Gasteiger partial charge in [-0.05, 0) is 43.2 Å². The number of carbonyl (C=O) groups is 1. The molecule has 154 valence electrons. The van der Waals surface area contributed by atoms with E-state index < -0.39 is 0 Å². The quantitative estimate of drug-likeness (QED) is 0.596. The van der Waals surface area contributed by atoms with Gasteiger partial charge < -0.3 is 19.2 Å². The number of ether oxygens (including phenoxy) is 1. The topological polar surface area (TPSA) is 66.9 Å². The largest absolute Gasteiger partial charge is 0.872 e. The van der Waals surface area contributed by atoms with Crippen molar-refractivity contribution in [1.82, 2.24) is 0 Å². The van der Waals surface area contributed by atoms with E-state index in [2.05, 4.69) is 22.9 Å². The van der Waals surface area contributed by atoms with Gasteiger partial charge in [0.1, 0.15) is 23.6 Å². The van der Waals surface area contributed by atoms with Crippen LogP contribution in [0.15, 0.2) is 51.0 Å². The second-order valence-corrected chi connectivity index (χ2v) is 9.23. The zero-order chi connectivity index (χ0) is 20.8. The second kappa shape index (κ2) is 7.60. The molecule has 1 fully saturated rings. The normalized spacial score (nSPS) is 22.5. The van der Waals surface area contributed by atoms with Gasteiger partial charge in [0.15, 0.2) is 5.76 Å². The third kappa shape index (κ3) is 3.55. The Morgan fingerprint density at radius 2 is 2.13 bits per heavy atom. The van der Waals surface area contributed by atoms with E-state index in [9.17, 15) is 9.90 Å². The summed E-state index contributed by atoms with van der Waals surface area (Å²) in [6, 6.07) is 10.7. The summed E-state index contributed by atoms with van der Waals surface area (Å²) in [5.41, 5.74) is 1.79. The molecule has 0 radical (unpaired) electrons. The van der Waals surface area contributed by atoms with Gasteiger partial charge in [0, 0.05) is 27.4 Å². The number of fused-ring (bicyclic) bond motifs is 2. The highest BCUT2D eigenvalue weighted by molar-refractivity contribution is 9.10.